The molecule has 1 N–H and O–H groups in total. The minimum Gasteiger partial charge on any atom is -0.301 e. The predicted molar refractivity (Wildman–Crippen MR) is 36.0 cm³/mol. The van der Waals surface area contributed by atoms with Gasteiger partial charge in [-0.15, -0.1) is 0 Å². The molecule has 0 spiro atoms. The molecule has 0 aliphatic carbocycles. The van der Waals surface area contributed by atoms with Crippen molar-refractivity contribution in [1.29, 1.82) is 0 Å². The molecule has 0 aliphatic heterocycles. The summed E-state index contributed by atoms with van der Waals surface area (Å²) in [5, 5.41) is 7.06. The van der Waals surface area contributed by atoms with Gasteiger partial charge in [-0.05, 0) is 19.5 Å². The Balaban J connectivity index is 2.61. The monoisotopic (exact) mass is 125 g/mol. The highest BCUT2D eigenvalue weighted by Crippen LogP contribution is 1.91. The summed E-state index contributed by atoms with van der Waals surface area (Å²) in [4.78, 5) is 0. The first-order valence-corrected chi connectivity index (χ1v) is 2.96. The molecule has 0 unspecified atom stereocenters. The van der Waals surface area contributed by atoms with E-state index in [0.29, 0.717) is 0 Å². The van der Waals surface area contributed by atoms with Gasteiger partial charge in [0, 0.05) is 6.20 Å². The van der Waals surface area contributed by atoms with Crippen LogP contribution in [-0.2, 0) is 6.67 Å². The standard InChI is InChI=1S/C6H11N3/c1-6-3-8-9(4-6)5-7-2/h3-4,7H,5H2,1-2H3. The molecule has 0 bridgehead atoms. The van der Waals surface area contributed by atoms with Gasteiger partial charge in [-0.25, -0.2) is 0 Å². The molecular formula is C6H11N3. The van der Waals surface area contributed by atoms with Gasteiger partial charge in [-0.3, -0.25) is 4.68 Å². The van der Waals surface area contributed by atoms with Crippen molar-refractivity contribution in [2.24, 2.45) is 0 Å². The molecule has 0 atom stereocenters. The van der Waals surface area contributed by atoms with E-state index in [1.54, 1.807) is 0 Å². The van der Waals surface area contributed by atoms with Gasteiger partial charge < -0.3 is 5.32 Å². The minimum atomic E-state index is 0.786. The molecular weight excluding hydrogens is 114 g/mol. The largest absolute Gasteiger partial charge is 0.301 e. The third-order valence-corrected chi connectivity index (χ3v) is 1.08. The second kappa shape index (κ2) is 2.64. The lowest BCUT2D eigenvalue weighted by Crippen LogP contribution is -2.12. The molecule has 0 saturated carbocycles. The number of hydrogen-bond donors (Lipinski definition) is 1. The van der Waals surface area contributed by atoms with Crippen molar-refractivity contribution in [3.63, 3.8) is 0 Å². The fourth-order valence-corrected chi connectivity index (χ4v) is 0.715. The van der Waals surface area contributed by atoms with Crippen LogP contribution in [0.2, 0.25) is 0 Å². The lowest BCUT2D eigenvalue weighted by Gasteiger charge is -1.95. The van der Waals surface area contributed by atoms with E-state index in [4.69, 9.17) is 0 Å². The molecule has 1 heterocycles. The maximum atomic E-state index is 4.06. The molecule has 0 aromatic carbocycles. The zero-order chi connectivity index (χ0) is 6.69. The SMILES string of the molecule is CNCn1cc(C)cn1. The Labute approximate surface area is 54.7 Å². The quantitative estimate of drug-likeness (QED) is 0.618. The Morgan fingerprint density at radius 1 is 1.78 bits per heavy atom. The van der Waals surface area contributed by atoms with E-state index in [0.717, 1.165) is 6.67 Å². The number of aryl methyl sites for hydroxylation is 1. The first kappa shape index (κ1) is 6.29. The Morgan fingerprint density at radius 3 is 3.00 bits per heavy atom. The Kier molecular flexibility index (Phi) is 1.85. The molecule has 0 aliphatic rings. The van der Waals surface area contributed by atoms with Crippen LogP contribution in [-0.4, -0.2) is 16.8 Å². The van der Waals surface area contributed by atoms with Gasteiger partial charge in [0.1, 0.15) is 0 Å². The molecule has 0 amide bonds. The fourth-order valence-electron chi connectivity index (χ4n) is 0.715. The summed E-state index contributed by atoms with van der Waals surface area (Å²) in [5.41, 5.74) is 1.20. The normalized spacial score (nSPS) is 10.0. The highest BCUT2D eigenvalue weighted by atomic mass is 15.3. The minimum absolute atomic E-state index is 0.786. The first-order valence-electron chi connectivity index (χ1n) is 2.96. The van der Waals surface area contributed by atoms with E-state index in [9.17, 15) is 0 Å². The van der Waals surface area contributed by atoms with Gasteiger partial charge in [0.15, 0.2) is 0 Å². The van der Waals surface area contributed by atoms with E-state index in [1.165, 1.54) is 5.56 Å². The Morgan fingerprint density at radius 2 is 2.56 bits per heavy atom. The third kappa shape index (κ3) is 1.54. The van der Waals surface area contributed by atoms with Crippen LogP contribution in [0.25, 0.3) is 0 Å². The van der Waals surface area contributed by atoms with Crippen LogP contribution in [0.1, 0.15) is 5.56 Å². The number of hydrogen-bond acceptors (Lipinski definition) is 2. The van der Waals surface area contributed by atoms with Crippen LogP contribution in [0.15, 0.2) is 12.4 Å². The molecule has 0 saturated heterocycles. The average molecular weight is 125 g/mol. The van der Waals surface area contributed by atoms with Crippen LogP contribution < -0.4 is 5.32 Å². The van der Waals surface area contributed by atoms with Gasteiger partial charge in [0.25, 0.3) is 0 Å². The highest BCUT2D eigenvalue weighted by Gasteiger charge is 1.88. The van der Waals surface area contributed by atoms with Crippen LogP contribution in [0, 0.1) is 6.92 Å². The number of nitrogens with one attached hydrogen (secondary N) is 1. The van der Waals surface area contributed by atoms with Gasteiger partial charge >= 0.3 is 0 Å². The molecule has 0 radical (unpaired) electrons. The fraction of sp³-hybridized carbons (Fsp3) is 0.500. The zero-order valence-electron chi connectivity index (χ0n) is 5.76. The van der Waals surface area contributed by atoms with Crippen molar-refractivity contribution < 1.29 is 0 Å². The van der Waals surface area contributed by atoms with Gasteiger partial charge in [0.2, 0.25) is 0 Å². The first-order chi connectivity index (χ1) is 4.33. The summed E-state index contributed by atoms with van der Waals surface area (Å²) >= 11 is 0. The number of rotatable bonds is 2. The Hall–Kier alpha value is -0.830. The summed E-state index contributed by atoms with van der Waals surface area (Å²) < 4.78 is 1.86. The van der Waals surface area contributed by atoms with E-state index in [-0.39, 0.29) is 0 Å². The maximum absolute atomic E-state index is 4.06. The summed E-state index contributed by atoms with van der Waals surface area (Å²) in [6, 6.07) is 0. The third-order valence-electron chi connectivity index (χ3n) is 1.08. The maximum Gasteiger partial charge on any atom is 0.0901 e. The molecule has 9 heavy (non-hydrogen) atoms. The summed E-state index contributed by atoms with van der Waals surface area (Å²) in [6.07, 6.45) is 3.84. The smallest absolute Gasteiger partial charge is 0.0901 e. The van der Waals surface area contributed by atoms with Crippen molar-refractivity contribution >= 4 is 0 Å². The molecule has 1 rings (SSSR count). The second-order valence-corrected chi connectivity index (χ2v) is 2.07. The van der Waals surface area contributed by atoms with Crippen molar-refractivity contribution in [2.45, 2.75) is 13.6 Å². The molecule has 1 aromatic heterocycles. The van der Waals surface area contributed by atoms with Crippen molar-refractivity contribution in [2.75, 3.05) is 7.05 Å². The summed E-state index contributed by atoms with van der Waals surface area (Å²) in [6.45, 7) is 2.81. The van der Waals surface area contributed by atoms with Gasteiger partial charge in [-0.1, -0.05) is 0 Å². The predicted octanol–water partition coefficient (Wildman–Crippen LogP) is 0.368. The second-order valence-electron chi connectivity index (χ2n) is 2.07. The molecule has 50 valence electrons. The highest BCUT2D eigenvalue weighted by molar-refractivity contribution is 4.98. The molecule has 3 nitrogen and oxygen atoms in total. The summed E-state index contributed by atoms with van der Waals surface area (Å²) in [5.74, 6) is 0. The van der Waals surface area contributed by atoms with Crippen molar-refractivity contribution in [1.82, 2.24) is 15.1 Å². The molecule has 0 fully saturated rings. The van der Waals surface area contributed by atoms with Crippen molar-refractivity contribution in [3.8, 4) is 0 Å². The van der Waals surface area contributed by atoms with Crippen LogP contribution >= 0.6 is 0 Å². The number of aromatic nitrogens is 2. The Bertz CT molecular complexity index is 180. The average Bonchev–Trinajstić information content (AvgIpc) is 2.17. The van der Waals surface area contributed by atoms with E-state index in [2.05, 4.69) is 10.4 Å². The van der Waals surface area contributed by atoms with E-state index >= 15 is 0 Å². The zero-order valence-corrected chi connectivity index (χ0v) is 5.76. The summed E-state index contributed by atoms with van der Waals surface area (Å²) in [7, 11) is 1.90. The molecule has 3 heteroatoms. The van der Waals surface area contributed by atoms with Crippen LogP contribution in [0.3, 0.4) is 0 Å². The number of nitrogens with zero attached hydrogens (tertiary/aromatic N) is 2. The van der Waals surface area contributed by atoms with E-state index < -0.39 is 0 Å². The topological polar surface area (TPSA) is 29.9 Å². The van der Waals surface area contributed by atoms with Gasteiger partial charge in [-0.2, -0.15) is 5.10 Å². The lowest BCUT2D eigenvalue weighted by atomic mass is 10.4. The molecule has 1 aromatic rings. The van der Waals surface area contributed by atoms with Crippen molar-refractivity contribution in [3.05, 3.63) is 18.0 Å². The van der Waals surface area contributed by atoms with Crippen LogP contribution in [0.5, 0.6) is 0 Å². The van der Waals surface area contributed by atoms with Gasteiger partial charge in [0.05, 0.1) is 12.9 Å². The van der Waals surface area contributed by atoms with Crippen LogP contribution in [0.4, 0.5) is 0 Å². The lowest BCUT2D eigenvalue weighted by molar-refractivity contribution is 0.555. The van der Waals surface area contributed by atoms with E-state index in [1.807, 2.05) is 31.0 Å².